The van der Waals surface area contributed by atoms with Crippen molar-refractivity contribution in [1.82, 2.24) is 0 Å². The molecule has 0 radical (unpaired) electrons. The van der Waals surface area contributed by atoms with Crippen molar-refractivity contribution in [3.8, 4) is 69.0 Å². The van der Waals surface area contributed by atoms with Gasteiger partial charge in [-0.05, 0) is 274 Å². The molecule has 18 N–H and O–H groups in total. The second-order valence-electron chi connectivity index (χ2n) is 24.0. The van der Waals surface area contributed by atoms with Gasteiger partial charge in [-0.15, -0.1) is 0 Å². The van der Waals surface area contributed by atoms with Crippen molar-refractivity contribution < 1.29 is 53.7 Å². The average molecular weight is 1510 g/mol. The van der Waals surface area contributed by atoms with E-state index in [2.05, 4.69) is 0 Å². The van der Waals surface area contributed by atoms with Crippen molar-refractivity contribution in [1.29, 1.82) is 0 Å². The highest BCUT2D eigenvalue weighted by atomic mass is 32.2. The minimum atomic E-state index is -3.66. The van der Waals surface area contributed by atoms with Crippen molar-refractivity contribution in [2.45, 2.75) is 36.3 Å². The summed E-state index contributed by atoms with van der Waals surface area (Å²) in [6.07, 6.45) is 0. The molecule has 0 aliphatic rings. The molecular weight excluding hydrogens is 1440 g/mol. The second kappa shape index (κ2) is 36.1. The quantitative estimate of drug-likeness (QED) is 0.0360. The molecule has 109 heavy (non-hydrogen) atoms. The van der Waals surface area contributed by atoms with E-state index >= 15 is 0 Å². The molecule has 0 aliphatic carbocycles. The van der Waals surface area contributed by atoms with Gasteiger partial charge in [0.05, 0.1) is 29.4 Å². The normalized spacial score (nSPS) is 10.8. The third-order valence-corrected chi connectivity index (χ3v) is 20.7. The molecule has 0 amide bonds. The lowest BCUT2D eigenvalue weighted by molar-refractivity contribution is 0.460. The van der Waals surface area contributed by atoms with Crippen LogP contribution in [-0.2, 0) is 29.5 Å². The SMILES string of the molecule is Cc1ccc(Oc2ccc(S(=O)(=O)c3ccc(Oc4ccc(N)cc4)cc3)cc2)cc1.Nc1ccc(Oc2cccc(Oc3ccc(N)cc3)c2)cc1.Nc1ccc(S(=O)(=O)c2ccc(N)cc2)cc1.Nc1cccc(Oc2cccc(Oc3cccc(N)c3)c2)c1.Nc1cccc(S(=O)(=O)c2cccc(N)c2)c1. The van der Waals surface area contributed by atoms with E-state index in [9.17, 15) is 25.3 Å². The Kier molecular flexibility index (Phi) is 25.7. The first-order valence-electron chi connectivity index (χ1n) is 33.3. The van der Waals surface area contributed by atoms with Crippen molar-refractivity contribution >= 4 is 80.7 Å². The molecule has 0 saturated carbocycles. The van der Waals surface area contributed by atoms with Gasteiger partial charge < -0.3 is 80.0 Å². The third-order valence-electron chi connectivity index (χ3n) is 15.4. The van der Waals surface area contributed by atoms with Gasteiger partial charge in [0, 0.05) is 75.5 Å². The molecule has 552 valence electrons. The molecule has 0 fully saturated rings. The fourth-order valence-corrected chi connectivity index (χ4v) is 13.7. The second-order valence-corrected chi connectivity index (χ2v) is 29.8. The molecule has 0 unspecified atom stereocenters. The van der Waals surface area contributed by atoms with Gasteiger partial charge in [-0.1, -0.05) is 54.1 Å². The lowest BCUT2D eigenvalue weighted by Crippen LogP contribution is -2.03. The van der Waals surface area contributed by atoms with E-state index in [1.165, 1.54) is 72.8 Å². The molecule has 14 rings (SSSR count). The van der Waals surface area contributed by atoms with Crippen molar-refractivity contribution in [3.63, 3.8) is 0 Å². The Balaban J connectivity index is 0.000000148. The third kappa shape index (κ3) is 23.0. The number of hydrogen-bond donors (Lipinski definition) is 9. The first-order chi connectivity index (χ1) is 52.3. The molecular formula is C85H77N9O12S3. The number of nitrogen functional groups attached to an aromatic ring is 9. The van der Waals surface area contributed by atoms with Gasteiger partial charge in [0.2, 0.25) is 29.5 Å². The Bertz CT molecular complexity index is 5370. The average Bonchev–Trinajstić information content (AvgIpc) is 0.812. The zero-order chi connectivity index (χ0) is 77.5. The van der Waals surface area contributed by atoms with Gasteiger partial charge in [-0.3, -0.25) is 0 Å². The fraction of sp³-hybridized carbons (Fsp3) is 0.0118. The van der Waals surface area contributed by atoms with Gasteiger partial charge in [0.15, 0.2) is 0 Å². The van der Waals surface area contributed by atoms with Crippen LogP contribution in [0.3, 0.4) is 0 Å². The van der Waals surface area contributed by atoms with Crippen LogP contribution in [0.5, 0.6) is 69.0 Å². The zero-order valence-corrected chi connectivity index (χ0v) is 61.1. The van der Waals surface area contributed by atoms with E-state index in [0.717, 1.165) is 17.1 Å². The topological polar surface area (TPSA) is 392 Å². The highest BCUT2D eigenvalue weighted by Crippen LogP contribution is 2.34. The molecule has 21 nitrogen and oxygen atoms in total. The predicted molar refractivity (Wildman–Crippen MR) is 431 cm³/mol. The molecule has 14 aromatic rings. The summed E-state index contributed by atoms with van der Waals surface area (Å²) in [7, 11) is -10.7. The lowest BCUT2D eigenvalue weighted by atomic mass is 10.2. The number of benzene rings is 14. The first-order valence-corrected chi connectivity index (χ1v) is 37.7. The zero-order valence-electron chi connectivity index (χ0n) is 58.7. The molecule has 0 aromatic heterocycles. The van der Waals surface area contributed by atoms with E-state index in [1.54, 1.807) is 133 Å². The summed E-state index contributed by atoms with van der Waals surface area (Å²) in [5.41, 5.74) is 57.0. The monoisotopic (exact) mass is 1510 g/mol. The number of anilines is 9. The molecule has 0 atom stereocenters. The van der Waals surface area contributed by atoms with Crippen molar-refractivity contribution in [3.05, 3.63) is 345 Å². The summed E-state index contributed by atoms with van der Waals surface area (Å²) >= 11 is 0. The van der Waals surface area contributed by atoms with Crippen LogP contribution in [0.1, 0.15) is 5.56 Å². The summed E-state index contributed by atoms with van der Waals surface area (Å²) in [5, 5.41) is 0. The Morgan fingerprint density at radius 2 is 0.358 bits per heavy atom. The van der Waals surface area contributed by atoms with E-state index in [-0.39, 0.29) is 29.4 Å². The number of sulfone groups is 3. The highest BCUT2D eigenvalue weighted by Gasteiger charge is 2.21. The van der Waals surface area contributed by atoms with Crippen LogP contribution < -0.4 is 80.0 Å². The van der Waals surface area contributed by atoms with Crippen molar-refractivity contribution in [2.24, 2.45) is 0 Å². The highest BCUT2D eigenvalue weighted by molar-refractivity contribution is 7.92. The summed E-state index contributed by atoms with van der Waals surface area (Å²) < 4.78 is 109. The molecule has 0 spiro atoms. The maximum Gasteiger partial charge on any atom is 0.206 e. The summed E-state index contributed by atoms with van der Waals surface area (Å²) in [4.78, 5) is 1.15. The number of aryl methyl sites for hydroxylation is 1. The van der Waals surface area contributed by atoms with Crippen LogP contribution in [0.4, 0.5) is 51.2 Å². The summed E-state index contributed by atoms with van der Waals surface area (Å²) in [6.45, 7) is 2.00. The Morgan fingerprint density at radius 1 is 0.174 bits per heavy atom. The maximum atomic E-state index is 13.0. The van der Waals surface area contributed by atoms with Gasteiger partial charge in [-0.2, -0.15) is 0 Å². The van der Waals surface area contributed by atoms with Crippen LogP contribution in [0.15, 0.2) is 369 Å². The van der Waals surface area contributed by atoms with Crippen LogP contribution >= 0.6 is 0 Å². The standard InChI is InChI=1S/C25H21NO4S.2C18H16N2O2.2C12H12N2O2S/c1-18-2-6-20(7-3-18)29-22-10-14-24(15-11-22)31(27,28)25-16-12-23(13-17-25)30-21-8-4-19(26)5-9-21;19-13-4-1-6-15(10-13)21-17-8-3-9-18(12-17)22-16-7-2-5-14(20)11-16;19-13-4-8-15(9-5-13)21-17-2-1-3-18(12-17)22-16-10-6-14(20)7-11-16;13-9-1-5-11(6-2-9)17(15,16)12-7-3-10(14)4-8-12;13-9-3-1-5-11(7-9)17(15,16)12-6-2-4-10(14)8-12/h2-17H,26H2,1H3;2*1-12H,19-20H2;2*1-8H,13-14H2. The summed E-state index contributed by atoms with van der Waals surface area (Å²) in [6, 6.07) is 95.7. The molecule has 0 heterocycles. The van der Waals surface area contributed by atoms with Crippen molar-refractivity contribution in [2.75, 3.05) is 51.6 Å². The van der Waals surface area contributed by atoms with Gasteiger partial charge in [0.25, 0.3) is 0 Å². The Labute approximate surface area is 632 Å². The molecule has 0 bridgehead atoms. The van der Waals surface area contributed by atoms with E-state index in [4.69, 9.17) is 80.0 Å². The van der Waals surface area contributed by atoms with Gasteiger partial charge in [0.1, 0.15) is 69.0 Å². The van der Waals surface area contributed by atoms with Crippen LogP contribution in [0.25, 0.3) is 0 Å². The molecule has 0 aliphatic heterocycles. The fourth-order valence-electron chi connectivity index (χ4n) is 9.83. The minimum Gasteiger partial charge on any atom is -0.457 e. The lowest BCUT2D eigenvalue weighted by Gasteiger charge is -2.09. The van der Waals surface area contributed by atoms with E-state index in [1.807, 2.05) is 140 Å². The number of ether oxygens (including phenoxy) is 6. The molecule has 24 heteroatoms. The number of nitrogens with two attached hydrogens (primary N) is 9. The number of hydrogen-bond acceptors (Lipinski definition) is 21. The number of rotatable bonds is 18. The molecule has 0 saturated heterocycles. The predicted octanol–water partition coefficient (Wildman–Crippen LogP) is 18.2. The van der Waals surface area contributed by atoms with Gasteiger partial charge >= 0.3 is 0 Å². The smallest absolute Gasteiger partial charge is 0.206 e. The first kappa shape index (κ1) is 77.5. The van der Waals surface area contributed by atoms with Crippen LogP contribution in [0.2, 0.25) is 0 Å². The van der Waals surface area contributed by atoms with Crippen LogP contribution in [0, 0.1) is 6.92 Å². The maximum absolute atomic E-state index is 13.0. The molecule has 14 aromatic carbocycles. The minimum absolute atomic E-state index is 0.170. The van der Waals surface area contributed by atoms with E-state index < -0.39 is 29.5 Å². The Hall–Kier alpha value is -14.1. The van der Waals surface area contributed by atoms with Gasteiger partial charge in [-0.25, -0.2) is 25.3 Å². The van der Waals surface area contributed by atoms with Crippen LogP contribution in [-0.4, -0.2) is 25.3 Å². The van der Waals surface area contributed by atoms with E-state index in [0.29, 0.717) is 109 Å². The summed E-state index contributed by atoms with van der Waals surface area (Å²) in [5.74, 6) is 7.95. The largest absolute Gasteiger partial charge is 0.457 e. The Morgan fingerprint density at radius 3 is 0.624 bits per heavy atom.